The fourth-order valence-electron chi connectivity index (χ4n) is 4.13. The zero-order valence-electron chi connectivity index (χ0n) is 17.4. The topological polar surface area (TPSA) is 0 Å². The van der Waals surface area contributed by atoms with Crippen molar-refractivity contribution in [3.63, 3.8) is 0 Å². The SMILES string of the molecule is CCCCCCc1ccc2c(ccc3c(F)c(-c4ccc(C(F)(F)F)cc4)ccc32)c1. The van der Waals surface area contributed by atoms with E-state index >= 15 is 4.39 Å². The minimum atomic E-state index is -4.41. The van der Waals surface area contributed by atoms with Crippen LogP contribution in [0.15, 0.2) is 66.7 Å². The van der Waals surface area contributed by atoms with Crippen LogP contribution in [0.2, 0.25) is 0 Å². The smallest absolute Gasteiger partial charge is 0.206 e. The number of halogens is 4. The van der Waals surface area contributed by atoms with Crippen LogP contribution in [-0.2, 0) is 12.6 Å². The Labute approximate surface area is 179 Å². The normalized spacial score (nSPS) is 12.0. The average molecular weight is 424 g/mol. The van der Waals surface area contributed by atoms with Gasteiger partial charge >= 0.3 is 6.18 Å². The van der Waals surface area contributed by atoms with Gasteiger partial charge in [0.2, 0.25) is 0 Å². The summed E-state index contributed by atoms with van der Waals surface area (Å²) in [6, 6.07) is 18.1. The fourth-order valence-corrected chi connectivity index (χ4v) is 4.13. The molecule has 0 N–H and O–H groups in total. The van der Waals surface area contributed by atoms with Gasteiger partial charge in [-0.3, -0.25) is 0 Å². The molecular formula is C27H24F4. The van der Waals surface area contributed by atoms with Crippen LogP contribution in [0.4, 0.5) is 17.6 Å². The lowest BCUT2D eigenvalue weighted by Gasteiger charge is -2.12. The van der Waals surface area contributed by atoms with Crippen molar-refractivity contribution in [3.05, 3.63) is 83.7 Å². The highest BCUT2D eigenvalue weighted by molar-refractivity contribution is 6.08. The van der Waals surface area contributed by atoms with Gasteiger partial charge in [-0.15, -0.1) is 0 Å². The van der Waals surface area contributed by atoms with Gasteiger partial charge in [0.05, 0.1) is 5.56 Å². The average Bonchev–Trinajstić information content (AvgIpc) is 2.76. The monoisotopic (exact) mass is 424 g/mol. The maximum atomic E-state index is 15.3. The van der Waals surface area contributed by atoms with Crippen molar-refractivity contribution in [2.45, 2.75) is 45.2 Å². The number of hydrogen-bond acceptors (Lipinski definition) is 0. The molecule has 0 aliphatic heterocycles. The first-order chi connectivity index (χ1) is 14.9. The van der Waals surface area contributed by atoms with Gasteiger partial charge in [-0.2, -0.15) is 13.2 Å². The number of rotatable bonds is 6. The summed E-state index contributed by atoms with van der Waals surface area (Å²) in [5.74, 6) is -0.414. The summed E-state index contributed by atoms with van der Waals surface area (Å²) in [6.45, 7) is 2.20. The summed E-state index contributed by atoms with van der Waals surface area (Å²) in [6.07, 6.45) is 1.48. The third kappa shape index (κ3) is 4.43. The van der Waals surface area contributed by atoms with Gasteiger partial charge in [-0.1, -0.05) is 80.8 Å². The second-order valence-corrected chi connectivity index (χ2v) is 8.03. The molecule has 0 unspecified atom stereocenters. The van der Waals surface area contributed by atoms with Crippen molar-refractivity contribution in [1.82, 2.24) is 0 Å². The largest absolute Gasteiger partial charge is 0.416 e. The van der Waals surface area contributed by atoms with E-state index in [4.69, 9.17) is 0 Å². The minimum Gasteiger partial charge on any atom is -0.206 e. The van der Waals surface area contributed by atoms with Crippen molar-refractivity contribution in [3.8, 4) is 11.1 Å². The molecular weight excluding hydrogens is 400 g/mol. The van der Waals surface area contributed by atoms with Gasteiger partial charge in [0, 0.05) is 10.9 Å². The Balaban J connectivity index is 1.68. The van der Waals surface area contributed by atoms with E-state index in [1.54, 1.807) is 12.1 Å². The number of fused-ring (bicyclic) bond motifs is 3. The van der Waals surface area contributed by atoms with E-state index < -0.39 is 17.6 Å². The van der Waals surface area contributed by atoms with Crippen LogP contribution < -0.4 is 0 Å². The molecule has 0 radical (unpaired) electrons. The van der Waals surface area contributed by atoms with Crippen molar-refractivity contribution in [2.24, 2.45) is 0 Å². The van der Waals surface area contributed by atoms with Crippen molar-refractivity contribution < 1.29 is 17.6 Å². The predicted octanol–water partition coefficient (Wildman–Crippen LogP) is 8.94. The molecule has 0 heterocycles. The molecule has 31 heavy (non-hydrogen) atoms. The molecule has 4 rings (SSSR count). The van der Waals surface area contributed by atoms with Gasteiger partial charge in [0.1, 0.15) is 5.82 Å². The molecule has 0 fully saturated rings. The van der Waals surface area contributed by atoms with E-state index in [2.05, 4.69) is 19.1 Å². The van der Waals surface area contributed by atoms with Gasteiger partial charge in [0.25, 0.3) is 0 Å². The Morgan fingerprint density at radius 1 is 0.710 bits per heavy atom. The van der Waals surface area contributed by atoms with Crippen LogP contribution >= 0.6 is 0 Å². The third-order valence-corrected chi connectivity index (χ3v) is 5.86. The van der Waals surface area contributed by atoms with Gasteiger partial charge in [-0.25, -0.2) is 4.39 Å². The van der Waals surface area contributed by atoms with E-state index in [-0.39, 0.29) is 0 Å². The number of benzene rings is 4. The number of alkyl halides is 3. The Bertz CT molecular complexity index is 1200. The summed E-state index contributed by atoms with van der Waals surface area (Å²) in [5.41, 5.74) is 1.27. The van der Waals surface area contributed by atoms with E-state index in [0.717, 1.165) is 41.1 Å². The Hall–Kier alpha value is -2.88. The lowest BCUT2D eigenvalue weighted by molar-refractivity contribution is -0.137. The van der Waals surface area contributed by atoms with Crippen molar-refractivity contribution >= 4 is 21.5 Å². The van der Waals surface area contributed by atoms with E-state index in [0.29, 0.717) is 16.5 Å². The Kier molecular flexibility index (Phi) is 5.99. The zero-order chi connectivity index (χ0) is 22.0. The molecule has 160 valence electrons. The summed E-state index contributed by atoms with van der Waals surface area (Å²) < 4.78 is 53.8. The maximum absolute atomic E-state index is 15.3. The standard InChI is InChI=1S/C27H24F4/c1-2-3-4-5-6-18-7-13-22-20(17-18)10-14-25-24(22)16-15-23(26(25)28)19-8-11-21(12-9-19)27(29,30)31/h7-17H,2-6H2,1H3. The number of aryl methyl sites for hydroxylation is 1. The lowest BCUT2D eigenvalue weighted by Crippen LogP contribution is -2.04. The maximum Gasteiger partial charge on any atom is 0.416 e. The van der Waals surface area contributed by atoms with Crippen LogP contribution in [0.5, 0.6) is 0 Å². The zero-order valence-corrected chi connectivity index (χ0v) is 17.4. The molecule has 0 aliphatic rings. The molecule has 0 nitrogen and oxygen atoms in total. The summed E-state index contributed by atoms with van der Waals surface area (Å²) in [5, 5.41) is 3.33. The Morgan fingerprint density at radius 2 is 1.42 bits per heavy atom. The quantitative estimate of drug-likeness (QED) is 0.165. The molecule has 0 spiro atoms. The van der Waals surface area contributed by atoms with E-state index in [1.807, 2.05) is 18.2 Å². The van der Waals surface area contributed by atoms with Gasteiger partial charge < -0.3 is 0 Å². The first-order valence-corrected chi connectivity index (χ1v) is 10.7. The molecule has 0 bridgehead atoms. The minimum absolute atomic E-state index is 0.299. The van der Waals surface area contributed by atoms with Crippen LogP contribution in [0.25, 0.3) is 32.7 Å². The number of unbranched alkanes of at least 4 members (excludes halogenated alkanes) is 3. The van der Waals surface area contributed by atoms with E-state index in [1.165, 1.54) is 37.0 Å². The molecule has 0 aliphatic carbocycles. The highest BCUT2D eigenvalue weighted by Crippen LogP contribution is 2.35. The summed E-state index contributed by atoms with van der Waals surface area (Å²) in [7, 11) is 0. The Morgan fingerprint density at radius 3 is 2.13 bits per heavy atom. The fraction of sp³-hybridized carbons (Fsp3) is 0.259. The molecule has 0 aromatic heterocycles. The van der Waals surface area contributed by atoms with Gasteiger partial charge in [0.15, 0.2) is 0 Å². The van der Waals surface area contributed by atoms with Crippen LogP contribution in [0, 0.1) is 5.82 Å². The molecule has 0 amide bonds. The van der Waals surface area contributed by atoms with Crippen molar-refractivity contribution in [2.75, 3.05) is 0 Å². The van der Waals surface area contributed by atoms with Crippen molar-refractivity contribution in [1.29, 1.82) is 0 Å². The lowest BCUT2D eigenvalue weighted by atomic mass is 9.94. The van der Waals surface area contributed by atoms with Crippen LogP contribution in [0.1, 0.15) is 43.7 Å². The predicted molar refractivity (Wildman–Crippen MR) is 120 cm³/mol. The molecule has 0 saturated carbocycles. The highest BCUT2D eigenvalue weighted by Gasteiger charge is 2.30. The third-order valence-electron chi connectivity index (χ3n) is 5.86. The first kappa shape index (κ1) is 21.4. The van der Waals surface area contributed by atoms with Crippen LogP contribution in [-0.4, -0.2) is 0 Å². The summed E-state index contributed by atoms with van der Waals surface area (Å²) in [4.78, 5) is 0. The van der Waals surface area contributed by atoms with E-state index in [9.17, 15) is 13.2 Å². The molecule has 4 aromatic rings. The van der Waals surface area contributed by atoms with Gasteiger partial charge in [-0.05, 0) is 52.3 Å². The molecule has 4 aromatic carbocycles. The summed E-state index contributed by atoms with van der Waals surface area (Å²) >= 11 is 0. The first-order valence-electron chi connectivity index (χ1n) is 10.7. The molecule has 0 saturated heterocycles. The second kappa shape index (κ2) is 8.70. The molecule has 0 atom stereocenters. The highest BCUT2D eigenvalue weighted by atomic mass is 19.4. The number of hydrogen-bond donors (Lipinski definition) is 0. The molecule has 4 heteroatoms. The van der Waals surface area contributed by atoms with Crippen LogP contribution in [0.3, 0.4) is 0 Å². The second-order valence-electron chi connectivity index (χ2n) is 8.03.